The molecule has 0 aromatic carbocycles. The van der Waals surface area contributed by atoms with Gasteiger partial charge in [-0.1, -0.05) is 39.5 Å². The van der Waals surface area contributed by atoms with Crippen LogP contribution in [0.15, 0.2) is 24.3 Å². The maximum atomic E-state index is 2.68. The first-order valence-corrected chi connectivity index (χ1v) is 45.0. The average molecular weight is 1010 g/mol. The Morgan fingerprint density at radius 3 is 1.28 bits per heavy atom. The fourth-order valence-corrected chi connectivity index (χ4v) is 24.4. The summed E-state index contributed by atoms with van der Waals surface area (Å²) in [6.07, 6.45) is 31.0. The Morgan fingerprint density at radius 2 is 0.860 bits per heavy atom. The molecule has 0 amide bonds. The van der Waals surface area contributed by atoms with Gasteiger partial charge in [-0.15, -0.1) is 0 Å². The molecule has 4 aromatic rings. The molecule has 0 saturated carbocycles. The van der Waals surface area contributed by atoms with E-state index >= 15 is 0 Å². The SMILES string of the molecule is CCCCCCCCCCCCc1c[c]([Sn]([CH3])([CH3])[CH3])sc1-c1cc2[se]c(-c3s[c]([Sn]([CH3])([CH3])[CH3])cc3CCCCCCCCCCCC)cc2s1. The molecule has 280 valence electrons. The van der Waals surface area contributed by atoms with Crippen LogP contribution in [-0.2, 0) is 12.8 Å². The number of aryl methyl sites for hydroxylation is 2. The summed E-state index contributed by atoms with van der Waals surface area (Å²) in [5.74, 6) is 0. The number of unbranched alkanes of at least 4 members (excludes halogenated alkanes) is 18. The molecule has 0 fully saturated rings. The molecule has 0 aliphatic carbocycles. The molecule has 0 spiro atoms. The number of rotatable bonds is 26. The van der Waals surface area contributed by atoms with Gasteiger partial charge in [0.25, 0.3) is 0 Å². The summed E-state index contributed by atoms with van der Waals surface area (Å²) in [5.41, 5.74) is 3.37. The molecule has 0 radical (unpaired) electrons. The molecule has 4 rings (SSSR count). The monoisotopic (exact) mass is 1020 g/mol. The predicted molar refractivity (Wildman–Crippen MR) is 242 cm³/mol. The van der Waals surface area contributed by atoms with Crippen LogP contribution in [-0.4, -0.2) is 51.3 Å². The first-order valence-electron chi connectivity index (χ1n) is 20.8. The minimum atomic E-state index is -2.13. The molecular weight excluding hydrogens is 941 g/mol. The van der Waals surface area contributed by atoms with Gasteiger partial charge in [0.05, 0.1) is 0 Å². The first kappa shape index (κ1) is 43.7. The van der Waals surface area contributed by atoms with Crippen LogP contribution in [0.25, 0.3) is 28.0 Å². The van der Waals surface area contributed by atoms with E-state index in [0.717, 1.165) is 0 Å². The Labute approximate surface area is 335 Å². The van der Waals surface area contributed by atoms with E-state index in [9.17, 15) is 0 Å². The van der Waals surface area contributed by atoms with Crippen molar-refractivity contribution >= 4 is 100 Å². The fourth-order valence-electron chi connectivity index (χ4n) is 7.05. The maximum absolute atomic E-state index is 2.68. The third-order valence-corrected chi connectivity index (χ3v) is 35.7. The van der Waals surface area contributed by atoms with Gasteiger partial charge in [-0.25, -0.2) is 0 Å². The van der Waals surface area contributed by atoms with Gasteiger partial charge in [-0.2, -0.15) is 0 Å². The number of thiophene rings is 3. The van der Waals surface area contributed by atoms with Crippen molar-refractivity contribution in [2.75, 3.05) is 0 Å². The Bertz CT molecular complexity index is 1380. The Kier molecular flexibility index (Phi) is 19.7. The van der Waals surface area contributed by atoms with Gasteiger partial charge in [0.15, 0.2) is 0 Å². The molecule has 0 bridgehead atoms. The van der Waals surface area contributed by atoms with Crippen LogP contribution in [0.2, 0.25) is 29.6 Å². The van der Waals surface area contributed by atoms with E-state index in [1.54, 1.807) is 44.9 Å². The zero-order valence-electron chi connectivity index (χ0n) is 33.5. The van der Waals surface area contributed by atoms with E-state index in [1.807, 2.05) is 0 Å². The molecule has 0 saturated heterocycles. The topological polar surface area (TPSA) is 0 Å². The number of hydrogen-bond acceptors (Lipinski definition) is 3. The van der Waals surface area contributed by atoms with Gasteiger partial charge in [0.2, 0.25) is 0 Å². The van der Waals surface area contributed by atoms with Crippen LogP contribution >= 0.6 is 34.0 Å². The summed E-state index contributed by atoms with van der Waals surface area (Å²) in [7, 11) is 0. The van der Waals surface area contributed by atoms with Crippen molar-refractivity contribution in [3.8, 4) is 19.1 Å². The van der Waals surface area contributed by atoms with E-state index in [1.165, 1.54) is 141 Å². The second-order valence-electron chi connectivity index (χ2n) is 17.2. The summed E-state index contributed by atoms with van der Waals surface area (Å²) in [6, 6.07) is 10.6. The quantitative estimate of drug-likeness (QED) is 0.0434. The van der Waals surface area contributed by atoms with Crippen molar-refractivity contribution in [1.29, 1.82) is 0 Å². The second kappa shape index (κ2) is 22.5. The van der Waals surface area contributed by atoms with Crippen molar-refractivity contribution in [3.63, 3.8) is 0 Å². The van der Waals surface area contributed by atoms with Crippen LogP contribution in [0.3, 0.4) is 0 Å². The zero-order valence-corrected chi connectivity index (χ0v) is 43.4. The predicted octanol–water partition coefficient (Wildman–Crippen LogP) is 15.4. The van der Waals surface area contributed by atoms with Gasteiger partial charge >= 0.3 is 300 Å². The number of hydrogen-bond donors (Lipinski definition) is 0. The molecule has 0 N–H and O–H groups in total. The summed E-state index contributed by atoms with van der Waals surface area (Å²) >= 11 is 2.68. The molecule has 0 nitrogen and oxygen atoms in total. The molecule has 50 heavy (non-hydrogen) atoms. The summed E-state index contributed by atoms with van der Waals surface area (Å²) in [6.45, 7) is 4.63. The Hall–Kier alpha value is 0.957. The molecule has 0 aliphatic rings. The van der Waals surface area contributed by atoms with Crippen LogP contribution in [0.4, 0.5) is 0 Å². The Balaban J connectivity index is 1.39. The van der Waals surface area contributed by atoms with E-state index in [-0.39, 0.29) is 0 Å². The van der Waals surface area contributed by atoms with Gasteiger partial charge in [0.1, 0.15) is 0 Å². The third-order valence-electron chi connectivity index (χ3n) is 10.4. The summed E-state index contributed by atoms with van der Waals surface area (Å²) in [5, 5.41) is 0. The van der Waals surface area contributed by atoms with Crippen molar-refractivity contribution in [2.45, 2.75) is 185 Å². The van der Waals surface area contributed by atoms with Crippen LogP contribution in [0, 0.1) is 0 Å². The average Bonchev–Trinajstić information content (AvgIpc) is 3.84. The van der Waals surface area contributed by atoms with Crippen LogP contribution < -0.4 is 5.79 Å². The van der Waals surface area contributed by atoms with Crippen molar-refractivity contribution in [3.05, 3.63) is 35.4 Å². The van der Waals surface area contributed by atoms with E-state index in [0.29, 0.717) is 14.5 Å². The van der Waals surface area contributed by atoms with Crippen LogP contribution in [0.1, 0.15) is 153 Å². The standard InChI is InChI=1S/C38H54S3Se.6CH3.2Sn/c1-3-5-7-9-11-13-15-17-19-21-23-31-25-27-39-37(31)34-30-35-33(41-34)29-36(42-35)38-32(26-28-40-38)24-22-20-18-16-14-12-10-8-6-4-2;;;;;;;;/h25-26,29-30H,3-24H2,1-2H3;6*1H3;;. The van der Waals surface area contributed by atoms with Gasteiger partial charge in [-0.3, -0.25) is 0 Å². The third kappa shape index (κ3) is 14.2. The summed E-state index contributed by atoms with van der Waals surface area (Å²) < 4.78 is 8.46. The van der Waals surface area contributed by atoms with Gasteiger partial charge in [-0.05, 0) is 0 Å². The minimum absolute atomic E-state index is 0.437. The van der Waals surface area contributed by atoms with Crippen molar-refractivity contribution in [2.24, 2.45) is 0 Å². The van der Waals surface area contributed by atoms with Crippen molar-refractivity contribution in [1.82, 2.24) is 0 Å². The summed E-state index contributed by atoms with van der Waals surface area (Å²) in [4.78, 5) is 20.5. The second-order valence-corrected chi connectivity index (χ2v) is 53.5. The number of fused-ring (bicyclic) bond motifs is 1. The van der Waals surface area contributed by atoms with E-state index < -0.39 is 36.8 Å². The molecule has 0 unspecified atom stereocenters. The van der Waals surface area contributed by atoms with E-state index in [2.05, 4.69) is 102 Å². The normalized spacial score (nSPS) is 12.6. The van der Waals surface area contributed by atoms with Crippen molar-refractivity contribution < 1.29 is 0 Å². The molecule has 0 atom stereocenters. The van der Waals surface area contributed by atoms with Gasteiger partial charge in [0, 0.05) is 0 Å². The molecular formula is C44H72S3SeSn2. The zero-order chi connectivity index (χ0) is 36.0. The first-order chi connectivity index (χ1) is 24.0. The molecule has 4 heterocycles. The molecule has 4 aromatic heterocycles. The molecule has 0 aliphatic heterocycles. The Morgan fingerprint density at radius 1 is 0.460 bits per heavy atom. The van der Waals surface area contributed by atoms with Gasteiger partial charge < -0.3 is 0 Å². The fraction of sp³-hybridized carbons (Fsp3) is 0.682. The molecule has 6 heteroatoms. The van der Waals surface area contributed by atoms with Crippen LogP contribution in [0.5, 0.6) is 0 Å². The van der Waals surface area contributed by atoms with E-state index in [4.69, 9.17) is 0 Å².